The van der Waals surface area contributed by atoms with Crippen LogP contribution < -0.4 is 10.5 Å². The second-order valence-corrected chi connectivity index (χ2v) is 4.31. The summed E-state index contributed by atoms with van der Waals surface area (Å²) in [5.41, 5.74) is 2.28. The van der Waals surface area contributed by atoms with Crippen molar-refractivity contribution in [2.24, 2.45) is 0 Å². The molecule has 96 valence electrons. The van der Waals surface area contributed by atoms with Crippen LogP contribution in [0.15, 0.2) is 33.5 Å². The molecule has 2 aromatic rings. The lowest BCUT2D eigenvalue weighted by Crippen LogP contribution is -2.21. The smallest absolute Gasteiger partial charge is 0.339 e. The maximum absolute atomic E-state index is 11.7. The lowest BCUT2D eigenvalue weighted by Gasteiger charge is -2.20. The molecule has 0 fully saturated rings. The van der Waals surface area contributed by atoms with Crippen LogP contribution in [0.3, 0.4) is 0 Å². The fourth-order valence-corrected chi connectivity index (χ4v) is 2.17. The van der Waals surface area contributed by atoms with Gasteiger partial charge in [-0.15, -0.1) is 0 Å². The zero-order valence-electron chi connectivity index (χ0n) is 11.2. The Bertz CT molecular complexity index is 597. The Morgan fingerprint density at radius 2 is 1.83 bits per heavy atom. The molecule has 0 radical (unpaired) electrons. The molecule has 0 unspecified atom stereocenters. The van der Waals surface area contributed by atoms with E-state index in [4.69, 9.17) is 4.42 Å². The number of hydrogen-bond donors (Lipinski definition) is 0. The van der Waals surface area contributed by atoms with Crippen molar-refractivity contribution in [2.75, 3.05) is 18.0 Å². The van der Waals surface area contributed by atoms with Gasteiger partial charge in [-0.2, -0.15) is 0 Å². The molecule has 1 heterocycles. The van der Waals surface area contributed by atoms with Crippen molar-refractivity contribution in [1.29, 1.82) is 0 Å². The number of benzene rings is 1. The van der Waals surface area contributed by atoms with Crippen LogP contribution in [0.1, 0.15) is 26.3 Å². The zero-order chi connectivity index (χ0) is 13.1. The van der Waals surface area contributed by atoms with Crippen LogP contribution in [-0.2, 0) is 6.42 Å². The predicted octanol–water partition coefficient (Wildman–Crippen LogP) is 3.20. The van der Waals surface area contributed by atoms with Gasteiger partial charge in [0, 0.05) is 35.8 Å². The van der Waals surface area contributed by atoms with E-state index in [-0.39, 0.29) is 5.63 Å². The third-order valence-electron chi connectivity index (χ3n) is 3.30. The average Bonchev–Trinajstić information content (AvgIpc) is 2.39. The third-order valence-corrected chi connectivity index (χ3v) is 3.30. The van der Waals surface area contributed by atoms with Gasteiger partial charge < -0.3 is 9.32 Å². The summed E-state index contributed by atoms with van der Waals surface area (Å²) in [6.45, 7) is 8.08. The summed E-state index contributed by atoms with van der Waals surface area (Å²) in [5, 5.41) is 0.988. The molecule has 0 aliphatic rings. The molecule has 0 amide bonds. The van der Waals surface area contributed by atoms with E-state index in [1.165, 1.54) is 0 Å². The second-order valence-electron chi connectivity index (χ2n) is 4.31. The fraction of sp³-hybridized carbons (Fsp3) is 0.400. The summed E-state index contributed by atoms with van der Waals surface area (Å²) in [7, 11) is 0. The Labute approximate surface area is 107 Å². The first-order chi connectivity index (χ1) is 8.69. The van der Waals surface area contributed by atoms with Crippen molar-refractivity contribution >= 4 is 16.7 Å². The predicted molar refractivity (Wildman–Crippen MR) is 75.4 cm³/mol. The number of fused-ring (bicyclic) bond motifs is 1. The molecule has 0 aliphatic heterocycles. The van der Waals surface area contributed by atoms with E-state index < -0.39 is 0 Å². The number of hydrogen-bond acceptors (Lipinski definition) is 3. The number of nitrogens with zero attached hydrogens (tertiary/aromatic N) is 1. The lowest BCUT2D eigenvalue weighted by molar-refractivity contribution is 0.551. The van der Waals surface area contributed by atoms with Crippen LogP contribution in [0.4, 0.5) is 5.69 Å². The summed E-state index contributed by atoms with van der Waals surface area (Å²) in [6, 6.07) is 7.97. The van der Waals surface area contributed by atoms with E-state index in [0.29, 0.717) is 12.0 Å². The second kappa shape index (κ2) is 5.25. The van der Waals surface area contributed by atoms with Gasteiger partial charge in [0.05, 0.1) is 0 Å². The number of aryl methyl sites for hydroxylation is 1. The van der Waals surface area contributed by atoms with Crippen molar-refractivity contribution < 1.29 is 4.42 Å². The summed E-state index contributed by atoms with van der Waals surface area (Å²) in [4.78, 5) is 13.9. The highest BCUT2D eigenvalue weighted by Crippen LogP contribution is 2.21. The minimum absolute atomic E-state index is 0.221. The topological polar surface area (TPSA) is 33.5 Å². The Morgan fingerprint density at radius 3 is 2.44 bits per heavy atom. The van der Waals surface area contributed by atoms with E-state index in [0.717, 1.165) is 29.7 Å². The summed E-state index contributed by atoms with van der Waals surface area (Å²) in [5.74, 6) is 0. The molecule has 0 atom stereocenters. The van der Waals surface area contributed by atoms with Crippen LogP contribution in [0.5, 0.6) is 0 Å². The first-order valence-corrected chi connectivity index (χ1v) is 6.51. The number of rotatable bonds is 4. The lowest BCUT2D eigenvalue weighted by atomic mass is 10.1. The number of anilines is 1. The highest BCUT2D eigenvalue weighted by molar-refractivity contribution is 5.81. The molecule has 0 N–H and O–H groups in total. The quantitative estimate of drug-likeness (QED) is 0.776. The van der Waals surface area contributed by atoms with Gasteiger partial charge in [0.1, 0.15) is 5.58 Å². The highest BCUT2D eigenvalue weighted by Gasteiger charge is 2.07. The van der Waals surface area contributed by atoms with Gasteiger partial charge >= 0.3 is 5.63 Å². The first-order valence-electron chi connectivity index (χ1n) is 6.51. The van der Waals surface area contributed by atoms with Crippen molar-refractivity contribution in [1.82, 2.24) is 0 Å². The zero-order valence-corrected chi connectivity index (χ0v) is 11.2. The Hall–Kier alpha value is -1.77. The van der Waals surface area contributed by atoms with E-state index in [2.05, 4.69) is 24.8 Å². The summed E-state index contributed by atoms with van der Waals surface area (Å²) >= 11 is 0. The van der Waals surface area contributed by atoms with E-state index in [9.17, 15) is 4.79 Å². The van der Waals surface area contributed by atoms with Gasteiger partial charge in [-0.3, -0.25) is 0 Å². The van der Waals surface area contributed by atoms with Gasteiger partial charge in [0.15, 0.2) is 0 Å². The van der Waals surface area contributed by atoms with E-state index in [1.807, 2.05) is 25.1 Å². The standard InChI is InChI=1S/C15H19NO2/c1-4-11-9-12-7-8-13(16(5-2)6-3)10-14(12)18-15(11)17/h7-10H,4-6H2,1-3H3. The molecule has 0 bridgehead atoms. The molecule has 1 aromatic carbocycles. The Balaban J connectivity index is 2.55. The van der Waals surface area contributed by atoms with Gasteiger partial charge in [0.2, 0.25) is 0 Å². The van der Waals surface area contributed by atoms with Crippen molar-refractivity contribution in [3.05, 3.63) is 40.2 Å². The van der Waals surface area contributed by atoms with Gasteiger partial charge in [-0.05, 0) is 38.5 Å². The van der Waals surface area contributed by atoms with Crippen molar-refractivity contribution in [3.8, 4) is 0 Å². The summed E-state index contributed by atoms with van der Waals surface area (Å²) in [6.07, 6.45) is 0.704. The molecular weight excluding hydrogens is 226 g/mol. The molecule has 0 saturated carbocycles. The monoisotopic (exact) mass is 245 g/mol. The van der Waals surface area contributed by atoms with E-state index in [1.54, 1.807) is 0 Å². The van der Waals surface area contributed by atoms with E-state index >= 15 is 0 Å². The fourth-order valence-electron chi connectivity index (χ4n) is 2.17. The average molecular weight is 245 g/mol. The van der Waals surface area contributed by atoms with Crippen LogP contribution in [0.25, 0.3) is 11.0 Å². The minimum Gasteiger partial charge on any atom is -0.422 e. The van der Waals surface area contributed by atoms with Gasteiger partial charge in [-0.25, -0.2) is 4.79 Å². The molecule has 0 spiro atoms. The molecule has 0 aliphatic carbocycles. The largest absolute Gasteiger partial charge is 0.422 e. The highest BCUT2D eigenvalue weighted by atomic mass is 16.4. The normalized spacial score (nSPS) is 10.8. The van der Waals surface area contributed by atoms with Gasteiger partial charge in [0.25, 0.3) is 0 Å². The van der Waals surface area contributed by atoms with Crippen molar-refractivity contribution in [3.63, 3.8) is 0 Å². The minimum atomic E-state index is -0.221. The SMILES string of the molecule is CCc1cc2ccc(N(CC)CC)cc2oc1=O. The Kier molecular flexibility index (Phi) is 3.70. The van der Waals surface area contributed by atoms with Crippen LogP contribution in [-0.4, -0.2) is 13.1 Å². The van der Waals surface area contributed by atoms with Crippen LogP contribution in [0.2, 0.25) is 0 Å². The molecule has 18 heavy (non-hydrogen) atoms. The van der Waals surface area contributed by atoms with Crippen LogP contribution in [0, 0.1) is 0 Å². The first kappa shape index (κ1) is 12.7. The molecule has 1 aromatic heterocycles. The van der Waals surface area contributed by atoms with Crippen molar-refractivity contribution in [2.45, 2.75) is 27.2 Å². The maximum Gasteiger partial charge on any atom is 0.339 e. The molecule has 3 nitrogen and oxygen atoms in total. The van der Waals surface area contributed by atoms with Gasteiger partial charge in [-0.1, -0.05) is 6.92 Å². The molecule has 2 rings (SSSR count). The molecule has 0 saturated heterocycles. The molecular formula is C15H19NO2. The summed E-state index contributed by atoms with van der Waals surface area (Å²) < 4.78 is 5.38. The van der Waals surface area contributed by atoms with Crippen LogP contribution >= 0.6 is 0 Å². The maximum atomic E-state index is 11.7. The molecule has 3 heteroatoms. The Morgan fingerprint density at radius 1 is 1.11 bits per heavy atom. The third kappa shape index (κ3) is 2.26.